The second-order valence-corrected chi connectivity index (χ2v) is 4.77. The highest BCUT2D eigenvalue weighted by Crippen LogP contribution is 2.31. The van der Waals surface area contributed by atoms with E-state index in [0.717, 1.165) is 23.8 Å². The first-order chi connectivity index (χ1) is 9.88. The molecule has 0 spiro atoms. The minimum Gasteiger partial charge on any atom is -0.457 e. The van der Waals surface area contributed by atoms with Crippen molar-refractivity contribution in [2.24, 2.45) is 0 Å². The molecule has 0 aliphatic rings. The van der Waals surface area contributed by atoms with Gasteiger partial charge in [-0.3, -0.25) is 0 Å². The molecule has 0 aliphatic heterocycles. The Morgan fingerprint density at radius 1 is 1.10 bits per heavy atom. The van der Waals surface area contributed by atoms with Crippen LogP contribution in [0.3, 0.4) is 0 Å². The van der Waals surface area contributed by atoms with Gasteiger partial charge in [-0.25, -0.2) is 4.79 Å². The summed E-state index contributed by atoms with van der Waals surface area (Å²) >= 11 is 3.99. The van der Waals surface area contributed by atoms with Crippen LogP contribution in [-0.4, -0.2) is 5.97 Å². The Labute approximate surface area is 125 Å². The van der Waals surface area contributed by atoms with Gasteiger partial charge in [0.25, 0.3) is 0 Å². The van der Waals surface area contributed by atoms with E-state index in [1.807, 2.05) is 6.07 Å². The zero-order chi connectivity index (χ0) is 15.5. The van der Waals surface area contributed by atoms with Crippen molar-refractivity contribution in [3.05, 3.63) is 65.2 Å². The lowest BCUT2D eigenvalue weighted by molar-refractivity contribution is -0.137. The molecule has 0 fully saturated rings. The maximum absolute atomic E-state index is 12.6. The average molecular weight is 312 g/mol. The molecule has 0 saturated heterocycles. The van der Waals surface area contributed by atoms with Crippen molar-refractivity contribution < 1.29 is 22.7 Å². The number of benzene rings is 2. The molecule has 0 aliphatic carbocycles. The van der Waals surface area contributed by atoms with Gasteiger partial charge in [0, 0.05) is 4.90 Å². The Morgan fingerprint density at radius 2 is 1.76 bits per heavy atom. The van der Waals surface area contributed by atoms with E-state index in [2.05, 4.69) is 12.6 Å². The van der Waals surface area contributed by atoms with Crippen LogP contribution in [0.4, 0.5) is 13.2 Å². The van der Waals surface area contributed by atoms with Crippen molar-refractivity contribution in [3.63, 3.8) is 0 Å². The number of rotatable bonds is 3. The van der Waals surface area contributed by atoms with Crippen LogP contribution in [-0.2, 0) is 17.5 Å². The van der Waals surface area contributed by atoms with Gasteiger partial charge in [-0.15, -0.1) is 12.6 Å². The van der Waals surface area contributed by atoms with Gasteiger partial charge in [-0.2, -0.15) is 13.2 Å². The van der Waals surface area contributed by atoms with Crippen LogP contribution < -0.4 is 0 Å². The predicted molar refractivity (Wildman–Crippen MR) is 74.3 cm³/mol. The maximum Gasteiger partial charge on any atom is 0.416 e. The average Bonchev–Trinajstić information content (AvgIpc) is 2.45. The molecule has 0 N–H and O–H groups in total. The number of esters is 1. The molecule has 0 unspecified atom stereocenters. The molecule has 0 saturated carbocycles. The molecule has 2 nitrogen and oxygen atoms in total. The monoisotopic (exact) mass is 312 g/mol. The van der Waals surface area contributed by atoms with E-state index in [-0.39, 0.29) is 17.1 Å². The lowest BCUT2D eigenvalue weighted by Gasteiger charge is -2.11. The van der Waals surface area contributed by atoms with Crippen LogP contribution in [0.2, 0.25) is 0 Å². The number of ether oxygens (including phenoxy) is 1. The number of carbonyl (C=O) groups is 1. The normalized spacial score (nSPS) is 11.2. The number of halogens is 3. The molecule has 2 aromatic carbocycles. The van der Waals surface area contributed by atoms with Crippen LogP contribution >= 0.6 is 12.6 Å². The van der Waals surface area contributed by atoms with E-state index >= 15 is 0 Å². The third kappa shape index (κ3) is 4.01. The van der Waals surface area contributed by atoms with Gasteiger partial charge in [0.1, 0.15) is 6.61 Å². The summed E-state index contributed by atoms with van der Waals surface area (Å²) in [7, 11) is 0. The van der Waals surface area contributed by atoms with Gasteiger partial charge < -0.3 is 4.74 Å². The predicted octanol–water partition coefficient (Wildman–Crippen LogP) is 4.35. The third-order valence-corrected chi connectivity index (χ3v) is 3.15. The van der Waals surface area contributed by atoms with Gasteiger partial charge in [0.15, 0.2) is 0 Å². The fourth-order valence-corrected chi connectivity index (χ4v) is 1.91. The van der Waals surface area contributed by atoms with Crippen molar-refractivity contribution in [2.75, 3.05) is 0 Å². The molecular weight excluding hydrogens is 301 g/mol. The van der Waals surface area contributed by atoms with Crippen molar-refractivity contribution in [3.8, 4) is 0 Å². The quantitative estimate of drug-likeness (QED) is 0.673. The lowest BCUT2D eigenvalue weighted by atomic mass is 10.1. The van der Waals surface area contributed by atoms with E-state index in [4.69, 9.17) is 4.74 Å². The minimum absolute atomic E-state index is 0.0108. The summed E-state index contributed by atoms with van der Waals surface area (Å²) in [6, 6.07) is 11.6. The summed E-state index contributed by atoms with van der Waals surface area (Å²) in [5.74, 6) is -0.838. The number of hydrogen-bond donors (Lipinski definition) is 1. The van der Waals surface area contributed by atoms with Crippen LogP contribution in [0, 0.1) is 0 Å². The molecule has 0 heterocycles. The molecule has 0 aromatic heterocycles. The van der Waals surface area contributed by atoms with Crippen LogP contribution in [0.1, 0.15) is 21.5 Å². The molecule has 0 atom stereocenters. The van der Waals surface area contributed by atoms with Crippen LogP contribution in [0.5, 0.6) is 0 Å². The molecule has 110 valence electrons. The lowest BCUT2D eigenvalue weighted by Crippen LogP contribution is -2.10. The van der Waals surface area contributed by atoms with Crippen molar-refractivity contribution in [1.29, 1.82) is 0 Å². The minimum atomic E-state index is -4.52. The molecule has 0 amide bonds. The first-order valence-electron chi connectivity index (χ1n) is 5.99. The standard InChI is InChI=1S/C15H11F3O2S/c16-15(17,18)11-6-7-13(21)12(8-11)14(19)20-9-10-4-2-1-3-5-10/h1-8,21H,9H2. The number of carbonyl (C=O) groups excluding carboxylic acids is 1. The Morgan fingerprint density at radius 3 is 2.38 bits per heavy atom. The van der Waals surface area contributed by atoms with E-state index in [1.54, 1.807) is 24.3 Å². The molecule has 2 aromatic rings. The van der Waals surface area contributed by atoms with E-state index in [0.29, 0.717) is 0 Å². The number of thiol groups is 1. The highest BCUT2D eigenvalue weighted by molar-refractivity contribution is 7.80. The Balaban J connectivity index is 2.15. The van der Waals surface area contributed by atoms with Crippen molar-refractivity contribution in [1.82, 2.24) is 0 Å². The molecule has 0 radical (unpaired) electrons. The fourth-order valence-electron chi connectivity index (χ4n) is 1.68. The SMILES string of the molecule is O=C(OCc1ccccc1)c1cc(C(F)(F)F)ccc1S. The molecule has 2 rings (SSSR count). The smallest absolute Gasteiger partial charge is 0.416 e. The second kappa shape index (κ2) is 6.22. The Kier molecular flexibility index (Phi) is 4.57. The van der Waals surface area contributed by atoms with Crippen LogP contribution in [0.15, 0.2) is 53.4 Å². The van der Waals surface area contributed by atoms with E-state index in [9.17, 15) is 18.0 Å². The van der Waals surface area contributed by atoms with Crippen LogP contribution in [0.25, 0.3) is 0 Å². The van der Waals surface area contributed by atoms with Gasteiger partial charge in [0.05, 0.1) is 11.1 Å². The molecule has 21 heavy (non-hydrogen) atoms. The number of hydrogen-bond acceptors (Lipinski definition) is 3. The van der Waals surface area contributed by atoms with E-state index in [1.165, 1.54) is 0 Å². The van der Waals surface area contributed by atoms with Gasteiger partial charge in [0.2, 0.25) is 0 Å². The van der Waals surface area contributed by atoms with Crippen molar-refractivity contribution in [2.45, 2.75) is 17.7 Å². The summed E-state index contributed by atoms with van der Waals surface area (Å²) < 4.78 is 42.9. The first kappa shape index (κ1) is 15.4. The van der Waals surface area contributed by atoms with E-state index < -0.39 is 17.7 Å². The molecule has 6 heteroatoms. The fraction of sp³-hybridized carbons (Fsp3) is 0.133. The topological polar surface area (TPSA) is 26.3 Å². The second-order valence-electron chi connectivity index (χ2n) is 4.29. The summed E-state index contributed by atoms with van der Waals surface area (Å²) in [5, 5.41) is 0. The third-order valence-electron chi connectivity index (χ3n) is 2.76. The summed E-state index contributed by atoms with van der Waals surface area (Å²) in [6.45, 7) is -0.0108. The highest BCUT2D eigenvalue weighted by Gasteiger charge is 2.31. The summed E-state index contributed by atoms with van der Waals surface area (Å²) in [5.41, 5.74) is -0.366. The maximum atomic E-state index is 12.6. The van der Waals surface area contributed by atoms with Crippen molar-refractivity contribution >= 4 is 18.6 Å². The van der Waals surface area contributed by atoms with Gasteiger partial charge in [-0.1, -0.05) is 30.3 Å². The molecular formula is C15H11F3O2S. The van der Waals surface area contributed by atoms with Gasteiger partial charge in [-0.05, 0) is 23.8 Å². The zero-order valence-electron chi connectivity index (χ0n) is 10.7. The first-order valence-corrected chi connectivity index (χ1v) is 6.44. The van der Waals surface area contributed by atoms with Gasteiger partial charge >= 0.3 is 12.1 Å². The summed E-state index contributed by atoms with van der Waals surface area (Å²) in [6.07, 6.45) is -4.52. The zero-order valence-corrected chi connectivity index (χ0v) is 11.6. The Bertz CT molecular complexity index is 639. The highest BCUT2D eigenvalue weighted by atomic mass is 32.1. The number of alkyl halides is 3. The molecule has 0 bridgehead atoms. The Hall–Kier alpha value is -1.95. The summed E-state index contributed by atoms with van der Waals surface area (Å²) in [4.78, 5) is 12.0. The largest absolute Gasteiger partial charge is 0.457 e.